The Morgan fingerprint density at radius 1 is 0.667 bits per heavy atom. The normalized spacial score (nSPS) is 46.9. The average molecular weight is 571 g/mol. The number of hydrogen-bond acceptors (Lipinski definition) is 15. The van der Waals surface area contributed by atoms with Crippen molar-refractivity contribution in [2.75, 3.05) is 13.2 Å². The maximum Gasteiger partial charge on any atom is 0.217 e. The van der Waals surface area contributed by atoms with Crippen molar-refractivity contribution in [2.45, 2.75) is 113 Å². The molecule has 0 aliphatic carbocycles. The Morgan fingerprint density at radius 3 is 1.79 bits per heavy atom. The molecule has 17 nitrogen and oxygen atoms in total. The number of aliphatic hydroxyl groups excluding tert-OH is 8. The van der Waals surface area contributed by atoms with Crippen LogP contribution < -0.4 is 10.6 Å². The first-order valence-electron chi connectivity index (χ1n) is 12.4. The topological polar surface area (TPSA) is 266 Å². The molecule has 3 aliphatic heterocycles. The van der Waals surface area contributed by atoms with Crippen molar-refractivity contribution in [1.29, 1.82) is 0 Å². The van der Waals surface area contributed by atoms with E-state index in [0.717, 1.165) is 13.8 Å². The summed E-state index contributed by atoms with van der Waals surface area (Å²) < 4.78 is 28.4. The van der Waals surface area contributed by atoms with Gasteiger partial charge in [0.15, 0.2) is 18.9 Å². The van der Waals surface area contributed by atoms with Crippen molar-refractivity contribution in [1.82, 2.24) is 10.6 Å². The zero-order valence-electron chi connectivity index (χ0n) is 21.5. The van der Waals surface area contributed by atoms with Crippen LogP contribution in [0.2, 0.25) is 0 Å². The van der Waals surface area contributed by atoms with Gasteiger partial charge in [-0.2, -0.15) is 0 Å². The van der Waals surface area contributed by atoms with E-state index in [9.17, 15) is 50.4 Å². The molecule has 17 heteroatoms. The minimum atomic E-state index is -1.80. The van der Waals surface area contributed by atoms with Gasteiger partial charge in [0, 0.05) is 13.8 Å². The third kappa shape index (κ3) is 7.02. The molecule has 0 aromatic carbocycles. The fourth-order valence-electron chi connectivity index (χ4n) is 4.80. The standard InChI is InChI=1S/C22H38N2O15/c1-6-13(29)16(32)17(33)22(35-6)39-19-12(24-8(3)28)20(34)36-10(5-26)18(19)38-21-11(23-7(2)27)15(31)14(30)9(4-25)37-21/h6,9-22,25-26,29-34H,4-5H2,1-3H3,(H,23,27)(H,24,28)/t6-,9+,10+,11-,12+,13+,14+,15+,16+,17-,18+,19+,20+,21+,22-/m0/s1. The van der Waals surface area contributed by atoms with E-state index in [0.29, 0.717) is 0 Å². The molecule has 3 rings (SSSR count). The largest absolute Gasteiger partial charge is 0.394 e. The predicted octanol–water partition coefficient (Wildman–Crippen LogP) is -6.26. The number of carbonyl (C=O) groups is 2. The minimum Gasteiger partial charge on any atom is -0.394 e. The summed E-state index contributed by atoms with van der Waals surface area (Å²) in [5, 5.41) is 86.7. The minimum absolute atomic E-state index is 0.635. The number of nitrogens with one attached hydrogen (secondary N) is 2. The van der Waals surface area contributed by atoms with E-state index in [1.54, 1.807) is 0 Å². The molecule has 2 amide bonds. The van der Waals surface area contributed by atoms with Gasteiger partial charge in [-0.25, -0.2) is 0 Å². The highest BCUT2D eigenvalue weighted by atomic mass is 16.7. The lowest BCUT2D eigenvalue weighted by Crippen LogP contribution is -2.70. The quantitative estimate of drug-likeness (QED) is 0.130. The molecule has 0 bridgehead atoms. The van der Waals surface area contributed by atoms with Gasteiger partial charge in [0.1, 0.15) is 67.0 Å². The van der Waals surface area contributed by atoms with Crippen LogP contribution in [0.4, 0.5) is 0 Å². The Kier molecular flexibility index (Phi) is 11.0. The summed E-state index contributed by atoms with van der Waals surface area (Å²) in [4.78, 5) is 23.8. The number of amides is 2. The highest BCUT2D eigenvalue weighted by molar-refractivity contribution is 5.73. The van der Waals surface area contributed by atoms with Crippen LogP contribution in [0.15, 0.2) is 0 Å². The Balaban J connectivity index is 1.98. The third-order valence-electron chi connectivity index (χ3n) is 6.86. The molecule has 3 heterocycles. The molecule has 0 spiro atoms. The molecule has 3 saturated heterocycles. The summed E-state index contributed by atoms with van der Waals surface area (Å²) in [6.07, 6.45) is -20.0. The second-order valence-electron chi connectivity index (χ2n) is 9.79. The average Bonchev–Trinajstić information content (AvgIpc) is 2.88. The molecule has 3 fully saturated rings. The van der Waals surface area contributed by atoms with E-state index in [1.165, 1.54) is 6.92 Å². The lowest BCUT2D eigenvalue weighted by Gasteiger charge is -2.50. The summed E-state index contributed by atoms with van der Waals surface area (Å²) >= 11 is 0. The molecule has 226 valence electrons. The molecule has 15 atom stereocenters. The van der Waals surface area contributed by atoms with E-state index < -0.39 is 117 Å². The summed E-state index contributed by atoms with van der Waals surface area (Å²) in [7, 11) is 0. The lowest BCUT2D eigenvalue weighted by molar-refractivity contribution is -0.362. The Bertz CT molecular complexity index is 837. The van der Waals surface area contributed by atoms with E-state index in [1.807, 2.05) is 0 Å². The molecule has 0 aromatic rings. The van der Waals surface area contributed by atoms with Crippen LogP contribution >= 0.6 is 0 Å². The van der Waals surface area contributed by atoms with Crippen LogP contribution in [0.25, 0.3) is 0 Å². The smallest absolute Gasteiger partial charge is 0.217 e. The number of carbonyl (C=O) groups excluding carboxylic acids is 2. The highest BCUT2D eigenvalue weighted by Gasteiger charge is 2.54. The van der Waals surface area contributed by atoms with Gasteiger partial charge >= 0.3 is 0 Å². The Hall–Kier alpha value is -1.58. The Morgan fingerprint density at radius 2 is 1.23 bits per heavy atom. The van der Waals surface area contributed by atoms with Gasteiger partial charge in [-0.3, -0.25) is 9.59 Å². The fraction of sp³-hybridized carbons (Fsp3) is 0.909. The second-order valence-corrected chi connectivity index (χ2v) is 9.79. The highest BCUT2D eigenvalue weighted by Crippen LogP contribution is 2.33. The molecular formula is C22H38N2O15. The number of aliphatic hydroxyl groups is 8. The van der Waals surface area contributed by atoms with E-state index in [4.69, 9.17) is 23.7 Å². The van der Waals surface area contributed by atoms with E-state index in [2.05, 4.69) is 10.6 Å². The predicted molar refractivity (Wildman–Crippen MR) is 123 cm³/mol. The van der Waals surface area contributed by atoms with Gasteiger partial charge in [-0.1, -0.05) is 0 Å². The molecule has 0 unspecified atom stereocenters. The lowest BCUT2D eigenvalue weighted by atomic mass is 9.94. The molecule has 39 heavy (non-hydrogen) atoms. The molecular weight excluding hydrogens is 532 g/mol. The van der Waals surface area contributed by atoms with Gasteiger partial charge in [-0.15, -0.1) is 0 Å². The summed E-state index contributed by atoms with van der Waals surface area (Å²) in [6, 6.07) is -2.82. The summed E-state index contributed by atoms with van der Waals surface area (Å²) in [5.41, 5.74) is 0. The van der Waals surface area contributed by atoms with Crippen molar-refractivity contribution >= 4 is 11.8 Å². The fourth-order valence-corrected chi connectivity index (χ4v) is 4.80. The first-order chi connectivity index (χ1) is 18.3. The van der Waals surface area contributed by atoms with Crippen molar-refractivity contribution in [3.8, 4) is 0 Å². The van der Waals surface area contributed by atoms with Crippen LogP contribution in [-0.2, 0) is 33.3 Å². The SMILES string of the molecule is CC(=O)N[C@@H]1[C@@H](O[C@H]2[C@H](O[C@@H]3O[C@@H](C)[C@@H](O)[C@@H](O)[C@@H]3O)[C@@H](NC(C)=O)[C@H](O)O[C@@H]2CO)O[C@H](CO)[C@@H](O)[C@@H]1O. The Labute approximate surface area is 223 Å². The maximum atomic E-state index is 12.0. The van der Waals surface area contributed by atoms with Crippen LogP contribution in [-0.4, -0.2) is 158 Å². The van der Waals surface area contributed by atoms with Crippen LogP contribution in [0, 0.1) is 0 Å². The molecule has 0 saturated carbocycles. The molecule has 0 aromatic heterocycles. The van der Waals surface area contributed by atoms with Gasteiger partial charge in [0.05, 0.1) is 19.3 Å². The van der Waals surface area contributed by atoms with Crippen molar-refractivity contribution in [3.05, 3.63) is 0 Å². The number of rotatable bonds is 8. The van der Waals surface area contributed by atoms with Gasteiger partial charge in [-0.05, 0) is 6.92 Å². The van der Waals surface area contributed by atoms with Crippen molar-refractivity contribution in [2.24, 2.45) is 0 Å². The second kappa shape index (κ2) is 13.4. The molecule has 0 radical (unpaired) electrons. The zero-order chi connectivity index (χ0) is 29.2. The number of hydrogen-bond donors (Lipinski definition) is 10. The first-order valence-corrected chi connectivity index (χ1v) is 12.4. The van der Waals surface area contributed by atoms with Gasteiger partial charge < -0.3 is 75.2 Å². The first kappa shape index (κ1) is 31.9. The van der Waals surface area contributed by atoms with Gasteiger partial charge in [0.25, 0.3) is 0 Å². The van der Waals surface area contributed by atoms with Crippen LogP contribution in [0.1, 0.15) is 20.8 Å². The van der Waals surface area contributed by atoms with E-state index >= 15 is 0 Å². The third-order valence-corrected chi connectivity index (χ3v) is 6.86. The number of ether oxygens (including phenoxy) is 5. The van der Waals surface area contributed by atoms with Gasteiger partial charge in [0.2, 0.25) is 11.8 Å². The summed E-state index contributed by atoms with van der Waals surface area (Å²) in [5.74, 6) is -1.28. The monoisotopic (exact) mass is 570 g/mol. The molecule has 3 aliphatic rings. The molecule has 10 N–H and O–H groups in total. The van der Waals surface area contributed by atoms with Crippen molar-refractivity contribution in [3.63, 3.8) is 0 Å². The van der Waals surface area contributed by atoms with Crippen molar-refractivity contribution < 1.29 is 74.1 Å². The summed E-state index contributed by atoms with van der Waals surface area (Å²) in [6.45, 7) is 2.13. The van der Waals surface area contributed by atoms with Crippen LogP contribution in [0.3, 0.4) is 0 Å². The van der Waals surface area contributed by atoms with Crippen LogP contribution in [0.5, 0.6) is 0 Å². The maximum absolute atomic E-state index is 12.0. The zero-order valence-corrected chi connectivity index (χ0v) is 21.5. The van der Waals surface area contributed by atoms with E-state index in [-0.39, 0.29) is 0 Å².